The Labute approximate surface area is 105 Å². The van der Waals surface area contributed by atoms with E-state index in [0.717, 1.165) is 5.56 Å². The van der Waals surface area contributed by atoms with E-state index in [0.29, 0.717) is 18.5 Å². The first-order chi connectivity index (χ1) is 8.66. The molecule has 0 aliphatic rings. The zero-order valence-corrected chi connectivity index (χ0v) is 10.2. The van der Waals surface area contributed by atoms with Crippen molar-refractivity contribution < 1.29 is 4.79 Å². The van der Waals surface area contributed by atoms with Crippen LogP contribution < -0.4 is 5.69 Å². The number of nitrogens with zero attached hydrogens (tertiary/aromatic N) is 2. The molecule has 0 saturated carbocycles. The van der Waals surface area contributed by atoms with Crippen LogP contribution in [0.5, 0.6) is 0 Å². The summed E-state index contributed by atoms with van der Waals surface area (Å²) in [6, 6.07) is 9.08. The van der Waals surface area contributed by atoms with E-state index in [1.165, 1.54) is 10.8 Å². The van der Waals surface area contributed by atoms with Crippen molar-refractivity contribution in [2.24, 2.45) is 0 Å². The van der Waals surface area contributed by atoms with Crippen LogP contribution in [0.2, 0.25) is 0 Å². The molecule has 1 heterocycles. The van der Waals surface area contributed by atoms with E-state index in [-0.39, 0.29) is 11.5 Å². The summed E-state index contributed by atoms with van der Waals surface area (Å²) in [5, 5.41) is 0. The van der Waals surface area contributed by atoms with Gasteiger partial charge in [-0.2, -0.15) is 0 Å². The van der Waals surface area contributed by atoms with E-state index >= 15 is 0 Å². The van der Waals surface area contributed by atoms with Gasteiger partial charge in [-0.1, -0.05) is 30.3 Å². The van der Waals surface area contributed by atoms with Crippen molar-refractivity contribution in [2.75, 3.05) is 0 Å². The summed E-state index contributed by atoms with van der Waals surface area (Å²) >= 11 is 0. The Hall–Kier alpha value is -2.23. The average molecular weight is 242 g/mol. The zero-order valence-electron chi connectivity index (χ0n) is 10.2. The molecule has 1 aromatic carbocycles. The number of benzene rings is 1. The molecule has 0 N–H and O–H groups in total. The molecule has 0 aliphatic heterocycles. The van der Waals surface area contributed by atoms with Crippen LogP contribution in [0, 0.1) is 6.92 Å². The Morgan fingerprint density at radius 3 is 2.72 bits per heavy atom. The Bertz CT molecular complexity index is 603. The van der Waals surface area contributed by atoms with Gasteiger partial charge >= 0.3 is 5.69 Å². The molecule has 18 heavy (non-hydrogen) atoms. The fourth-order valence-corrected chi connectivity index (χ4v) is 1.72. The molecule has 0 atom stereocenters. The highest BCUT2D eigenvalue weighted by molar-refractivity contribution is 5.95. The van der Waals surface area contributed by atoms with Crippen LogP contribution in [0.1, 0.15) is 22.3 Å². The third kappa shape index (κ3) is 2.91. The van der Waals surface area contributed by atoms with E-state index in [4.69, 9.17) is 0 Å². The quantitative estimate of drug-likeness (QED) is 0.768. The van der Waals surface area contributed by atoms with Crippen LogP contribution >= 0.6 is 0 Å². The molecule has 0 spiro atoms. The van der Waals surface area contributed by atoms with Gasteiger partial charge in [0.05, 0.1) is 0 Å². The summed E-state index contributed by atoms with van der Waals surface area (Å²) in [5.74, 6) is 0.0315. The van der Waals surface area contributed by atoms with Crippen molar-refractivity contribution >= 4 is 5.78 Å². The van der Waals surface area contributed by atoms with E-state index in [2.05, 4.69) is 4.98 Å². The normalized spacial score (nSPS) is 10.3. The topological polar surface area (TPSA) is 52.0 Å². The predicted octanol–water partition coefficient (Wildman–Crippen LogP) is 1.82. The van der Waals surface area contributed by atoms with Crippen molar-refractivity contribution in [3.8, 4) is 0 Å². The standard InChI is InChI=1S/C14H14N2O2/c1-11-9-15-14(18)16(10-11)8-7-13(17)12-5-3-2-4-6-12/h2-6,9-10H,7-8H2,1H3. The van der Waals surface area contributed by atoms with Gasteiger partial charge in [0, 0.05) is 30.9 Å². The number of carbonyl (C=O) groups is 1. The van der Waals surface area contributed by atoms with Gasteiger partial charge in [-0.3, -0.25) is 9.36 Å². The number of aromatic nitrogens is 2. The lowest BCUT2D eigenvalue weighted by Gasteiger charge is -2.05. The highest BCUT2D eigenvalue weighted by Gasteiger charge is 2.06. The van der Waals surface area contributed by atoms with Gasteiger partial charge in [-0.05, 0) is 12.5 Å². The fourth-order valence-electron chi connectivity index (χ4n) is 1.72. The molecule has 0 bridgehead atoms. The van der Waals surface area contributed by atoms with E-state index in [9.17, 15) is 9.59 Å². The molecule has 0 unspecified atom stereocenters. The van der Waals surface area contributed by atoms with Gasteiger partial charge in [0.25, 0.3) is 0 Å². The second kappa shape index (κ2) is 5.40. The maximum absolute atomic E-state index is 11.9. The predicted molar refractivity (Wildman–Crippen MR) is 68.6 cm³/mol. The minimum Gasteiger partial charge on any atom is -0.298 e. The number of aryl methyl sites for hydroxylation is 2. The van der Waals surface area contributed by atoms with E-state index in [1.807, 2.05) is 25.1 Å². The molecule has 4 heteroatoms. The van der Waals surface area contributed by atoms with Crippen LogP contribution in [0.4, 0.5) is 0 Å². The molecule has 0 saturated heterocycles. The first-order valence-corrected chi connectivity index (χ1v) is 5.78. The Morgan fingerprint density at radius 2 is 2.00 bits per heavy atom. The Balaban J connectivity index is 2.06. The maximum Gasteiger partial charge on any atom is 0.347 e. The summed E-state index contributed by atoms with van der Waals surface area (Å²) < 4.78 is 1.47. The summed E-state index contributed by atoms with van der Waals surface area (Å²) in [6.45, 7) is 2.23. The van der Waals surface area contributed by atoms with Crippen LogP contribution in [-0.2, 0) is 6.54 Å². The lowest BCUT2D eigenvalue weighted by molar-refractivity contribution is 0.0976. The maximum atomic E-state index is 11.9. The summed E-state index contributed by atoms with van der Waals surface area (Å²) in [7, 11) is 0. The molecule has 92 valence electrons. The Morgan fingerprint density at radius 1 is 1.28 bits per heavy atom. The number of rotatable bonds is 4. The van der Waals surface area contributed by atoms with Crippen molar-refractivity contribution in [3.05, 3.63) is 64.3 Å². The first kappa shape index (κ1) is 12.2. The van der Waals surface area contributed by atoms with E-state index < -0.39 is 0 Å². The third-order valence-corrected chi connectivity index (χ3v) is 2.66. The fraction of sp³-hybridized carbons (Fsp3) is 0.214. The number of Topliss-reactive ketones (excluding diaryl/α,β-unsaturated/α-hetero) is 1. The summed E-state index contributed by atoms with van der Waals surface area (Å²) in [5.41, 5.74) is 1.26. The number of carbonyl (C=O) groups excluding carboxylic acids is 1. The van der Waals surface area contributed by atoms with Crippen LogP contribution in [-0.4, -0.2) is 15.3 Å². The molecule has 0 radical (unpaired) electrons. The van der Waals surface area contributed by atoms with Gasteiger partial charge in [0.2, 0.25) is 0 Å². The molecule has 4 nitrogen and oxygen atoms in total. The van der Waals surface area contributed by atoms with Gasteiger partial charge in [0.1, 0.15) is 0 Å². The average Bonchev–Trinajstić information content (AvgIpc) is 2.40. The molecular weight excluding hydrogens is 228 g/mol. The van der Waals surface area contributed by atoms with Crippen molar-refractivity contribution in [3.63, 3.8) is 0 Å². The zero-order chi connectivity index (χ0) is 13.0. The van der Waals surface area contributed by atoms with Crippen molar-refractivity contribution in [1.82, 2.24) is 9.55 Å². The summed E-state index contributed by atoms with van der Waals surface area (Å²) in [4.78, 5) is 27.1. The van der Waals surface area contributed by atoms with Crippen LogP contribution in [0.3, 0.4) is 0 Å². The molecular formula is C14H14N2O2. The molecule has 2 rings (SSSR count). The van der Waals surface area contributed by atoms with Crippen molar-refractivity contribution in [2.45, 2.75) is 19.9 Å². The van der Waals surface area contributed by atoms with Gasteiger partial charge < -0.3 is 0 Å². The highest BCUT2D eigenvalue weighted by Crippen LogP contribution is 2.03. The minimum absolute atomic E-state index is 0.0315. The number of hydrogen-bond donors (Lipinski definition) is 0. The smallest absolute Gasteiger partial charge is 0.298 e. The lowest BCUT2D eigenvalue weighted by Crippen LogP contribution is -2.23. The molecule has 0 amide bonds. The van der Waals surface area contributed by atoms with Crippen molar-refractivity contribution in [1.29, 1.82) is 0 Å². The van der Waals surface area contributed by atoms with E-state index in [1.54, 1.807) is 18.3 Å². The number of ketones is 1. The summed E-state index contributed by atoms with van der Waals surface area (Å²) in [6.07, 6.45) is 3.54. The third-order valence-electron chi connectivity index (χ3n) is 2.66. The highest BCUT2D eigenvalue weighted by atomic mass is 16.1. The minimum atomic E-state index is -0.318. The van der Waals surface area contributed by atoms with Gasteiger partial charge in [0.15, 0.2) is 5.78 Å². The molecule has 2 aromatic rings. The SMILES string of the molecule is Cc1cnc(=O)n(CCC(=O)c2ccccc2)c1. The molecule has 0 aliphatic carbocycles. The second-order valence-corrected chi connectivity index (χ2v) is 4.15. The largest absolute Gasteiger partial charge is 0.347 e. The molecule has 0 fully saturated rings. The number of hydrogen-bond acceptors (Lipinski definition) is 3. The Kier molecular flexibility index (Phi) is 3.67. The lowest BCUT2D eigenvalue weighted by atomic mass is 10.1. The van der Waals surface area contributed by atoms with Crippen LogP contribution in [0.15, 0.2) is 47.5 Å². The van der Waals surface area contributed by atoms with Gasteiger partial charge in [-0.25, -0.2) is 9.78 Å². The van der Waals surface area contributed by atoms with Gasteiger partial charge in [-0.15, -0.1) is 0 Å². The monoisotopic (exact) mass is 242 g/mol. The first-order valence-electron chi connectivity index (χ1n) is 5.78. The second-order valence-electron chi connectivity index (χ2n) is 4.15. The molecule has 1 aromatic heterocycles. The van der Waals surface area contributed by atoms with Crippen LogP contribution in [0.25, 0.3) is 0 Å².